The average molecular weight is 707 g/mol. The molecule has 40 heavy (non-hydrogen) atoms. The van der Waals surface area contributed by atoms with Crippen LogP contribution < -0.4 is 26.9 Å². The van der Waals surface area contributed by atoms with E-state index in [-0.39, 0.29) is 46.5 Å². The van der Waals surface area contributed by atoms with E-state index in [0.29, 0.717) is 32.0 Å². The summed E-state index contributed by atoms with van der Waals surface area (Å²) in [6.45, 7) is 3.66. The highest BCUT2D eigenvalue weighted by Gasteiger charge is 2.54. The summed E-state index contributed by atoms with van der Waals surface area (Å²) in [7, 11) is 0. The van der Waals surface area contributed by atoms with Crippen molar-refractivity contribution in [2.24, 2.45) is 0 Å². The highest BCUT2D eigenvalue weighted by Crippen LogP contribution is 2.41. The number of carbonyl (C=O) groups excluding carboxylic acids is 2. The van der Waals surface area contributed by atoms with Gasteiger partial charge in [-0.2, -0.15) is 0 Å². The second-order valence-electron chi connectivity index (χ2n) is 8.48. The SMILES string of the molecule is C=C(C[n+]1ccc(SCC2=C(C(=O)O)N3C(=O)[C@@H](NC(=O)CSc4cc(Cl)ccc4Cl)[C@H]3SC2)cc1)C(=O)O.[Br-]. The molecule has 3 heterocycles. The molecule has 0 bridgehead atoms. The predicted octanol–water partition coefficient (Wildman–Crippen LogP) is 0.549. The number of hydrogen-bond donors (Lipinski definition) is 3. The summed E-state index contributed by atoms with van der Waals surface area (Å²) in [5.41, 5.74) is 0.614. The first-order chi connectivity index (χ1) is 18.5. The lowest BCUT2D eigenvalue weighted by Crippen LogP contribution is -3.00. The van der Waals surface area contributed by atoms with Crippen LogP contribution in [0.3, 0.4) is 0 Å². The number of amides is 2. The van der Waals surface area contributed by atoms with Crippen molar-refractivity contribution in [3.05, 3.63) is 76.2 Å². The number of aliphatic carboxylic acids is 2. The Balaban J connectivity index is 0.00000441. The Morgan fingerprint density at radius 3 is 2.50 bits per heavy atom. The molecule has 0 saturated carbocycles. The lowest BCUT2D eigenvalue weighted by atomic mass is 10.0. The maximum Gasteiger partial charge on any atom is 0.352 e. The van der Waals surface area contributed by atoms with Crippen LogP contribution in [0.5, 0.6) is 0 Å². The third-order valence-electron chi connectivity index (χ3n) is 5.77. The quantitative estimate of drug-likeness (QED) is 0.133. The van der Waals surface area contributed by atoms with Crippen LogP contribution >= 0.6 is 58.5 Å². The van der Waals surface area contributed by atoms with Gasteiger partial charge in [0, 0.05) is 38.5 Å². The van der Waals surface area contributed by atoms with Gasteiger partial charge in [-0.1, -0.05) is 29.8 Å². The van der Waals surface area contributed by atoms with Crippen molar-refractivity contribution in [2.45, 2.75) is 27.8 Å². The molecule has 2 amide bonds. The molecule has 1 saturated heterocycles. The molecule has 2 aliphatic heterocycles. The van der Waals surface area contributed by atoms with Crippen molar-refractivity contribution >= 4 is 82.2 Å². The minimum atomic E-state index is -1.20. The molecule has 2 aromatic rings. The smallest absolute Gasteiger partial charge is 0.352 e. The van der Waals surface area contributed by atoms with E-state index in [1.807, 2.05) is 0 Å². The molecule has 4 rings (SSSR count). The van der Waals surface area contributed by atoms with E-state index in [1.165, 1.54) is 40.2 Å². The zero-order valence-corrected chi connectivity index (χ0v) is 26.1. The van der Waals surface area contributed by atoms with Gasteiger partial charge in [0.2, 0.25) is 5.91 Å². The second kappa shape index (κ2) is 14.1. The molecule has 1 fully saturated rings. The van der Waals surface area contributed by atoms with E-state index in [9.17, 15) is 24.3 Å². The first kappa shape index (κ1) is 32.4. The molecule has 2 atom stereocenters. The van der Waals surface area contributed by atoms with Gasteiger partial charge in [-0.3, -0.25) is 14.5 Å². The van der Waals surface area contributed by atoms with Crippen LogP contribution in [0.25, 0.3) is 0 Å². The van der Waals surface area contributed by atoms with Crippen LogP contribution in [-0.4, -0.2) is 67.5 Å². The zero-order chi connectivity index (χ0) is 28.3. The fourth-order valence-corrected chi connectivity index (χ4v) is 7.52. The molecule has 2 aliphatic rings. The lowest BCUT2D eigenvalue weighted by molar-refractivity contribution is -0.688. The number of carboxylic acids is 2. The van der Waals surface area contributed by atoms with Crippen LogP contribution in [0.15, 0.2) is 75.9 Å². The van der Waals surface area contributed by atoms with Crippen LogP contribution in [0, 0.1) is 0 Å². The zero-order valence-electron chi connectivity index (χ0n) is 20.5. The third kappa shape index (κ3) is 7.56. The molecule has 0 radical (unpaired) electrons. The third-order valence-corrected chi connectivity index (χ3v) is 9.94. The second-order valence-corrected chi connectivity index (χ2v) is 12.5. The molecule has 1 aromatic heterocycles. The first-order valence-electron chi connectivity index (χ1n) is 11.4. The number of nitrogens with one attached hydrogen (secondary N) is 1. The number of hydrogen-bond acceptors (Lipinski definition) is 7. The minimum Gasteiger partial charge on any atom is -1.00 e. The summed E-state index contributed by atoms with van der Waals surface area (Å²) >= 11 is 16.1. The summed E-state index contributed by atoms with van der Waals surface area (Å²) < 4.78 is 1.68. The number of benzene rings is 1. The first-order valence-corrected chi connectivity index (χ1v) is 15.1. The number of carbonyl (C=O) groups is 4. The van der Waals surface area contributed by atoms with E-state index in [2.05, 4.69) is 11.9 Å². The van der Waals surface area contributed by atoms with Gasteiger partial charge >= 0.3 is 11.9 Å². The topological polar surface area (TPSA) is 128 Å². The number of rotatable bonds is 11. The molecule has 212 valence electrons. The monoisotopic (exact) mass is 705 g/mol. The standard InChI is InChI=1S/C25H21Cl2N3O6S3.BrH/c1-13(24(33)34)9-29-6-4-16(5-7-29)37-10-14-11-39-23-20(22(32)30(23)21(14)25(35)36)28-19(31)12-38-18-8-15(26)2-3-17(18)27;/h2-8,20,23H,1,9-12H2,(H2-,28,31,33,34,35,36);1H/t20-,23-;/m1./s1. The predicted molar refractivity (Wildman–Crippen MR) is 151 cm³/mol. The highest BCUT2D eigenvalue weighted by molar-refractivity contribution is 8.01. The maximum absolute atomic E-state index is 12.9. The van der Waals surface area contributed by atoms with Gasteiger partial charge in [0.15, 0.2) is 18.9 Å². The Morgan fingerprint density at radius 1 is 1.15 bits per heavy atom. The van der Waals surface area contributed by atoms with Crippen LogP contribution in [0.4, 0.5) is 0 Å². The van der Waals surface area contributed by atoms with E-state index in [4.69, 9.17) is 28.3 Å². The molecule has 0 unspecified atom stereocenters. The van der Waals surface area contributed by atoms with Crippen LogP contribution in [-0.2, 0) is 25.7 Å². The summed E-state index contributed by atoms with van der Waals surface area (Å²) in [5.74, 6) is -2.33. The van der Waals surface area contributed by atoms with Crippen LogP contribution in [0.2, 0.25) is 10.0 Å². The Morgan fingerprint density at radius 2 is 1.85 bits per heavy atom. The molecular weight excluding hydrogens is 685 g/mol. The van der Waals surface area contributed by atoms with Crippen molar-refractivity contribution in [1.82, 2.24) is 10.2 Å². The molecule has 0 spiro atoms. The van der Waals surface area contributed by atoms with Crippen molar-refractivity contribution in [3.63, 3.8) is 0 Å². The Hall–Kier alpha value is -2.16. The number of pyridine rings is 1. The van der Waals surface area contributed by atoms with Gasteiger partial charge in [0.05, 0.1) is 16.3 Å². The molecule has 0 aliphatic carbocycles. The summed E-state index contributed by atoms with van der Waals surface area (Å²) in [4.78, 5) is 51.3. The number of halogens is 3. The van der Waals surface area contributed by atoms with E-state index in [0.717, 1.165) is 4.90 Å². The lowest BCUT2D eigenvalue weighted by Gasteiger charge is -2.49. The number of β-lactam (4-membered cyclic amide) rings is 1. The fourth-order valence-electron chi connectivity index (χ4n) is 3.84. The maximum atomic E-state index is 12.9. The van der Waals surface area contributed by atoms with Crippen molar-refractivity contribution in [2.75, 3.05) is 17.3 Å². The van der Waals surface area contributed by atoms with Gasteiger partial charge in [-0.15, -0.1) is 35.3 Å². The summed E-state index contributed by atoms with van der Waals surface area (Å²) in [5, 5.41) is 22.0. The van der Waals surface area contributed by atoms with Gasteiger partial charge in [0.1, 0.15) is 17.1 Å². The largest absolute Gasteiger partial charge is 1.00 e. The Bertz CT molecular complexity index is 1390. The van der Waals surface area contributed by atoms with Crippen molar-refractivity contribution < 1.29 is 50.9 Å². The van der Waals surface area contributed by atoms with Crippen molar-refractivity contribution in [1.29, 1.82) is 0 Å². The van der Waals surface area contributed by atoms with Gasteiger partial charge in [-0.25, -0.2) is 14.2 Å². The molecule has 15 heteroatoms. The number of fused-ring (bicyclic) bond motifs is 1. The van der Waals surface area contributed by atoms with E-state index >= 15 is 0 Å². The Labute approximate surface area is 263 Å². The number of thioether (sulfide) groups is 3. The normalized spacial score (nSPS) is 17.9. The summed E-state index contributed by atoms with van der Waals surface area (Å²) in [6, 6.07) is 7.73. The Kier molecular flexibility index (Phi) is 11.4. The fraction of sp³-hybridized carbons (Fsp3) is 0.240. The molecule has 1 aromatic carbocycles. The number of carboxylic acid groups (broad SMARTS) is 2. The average Bonchev–Trinajstić information content (AvgIpc) is 2.91. The van der Waals surface area contributed by atoms with Crippen LogP contribution in [0.1, 0.15) is 0 Å². The molecule has 3 N–H and O–H groups in total. The van der Waals surface area contributed by atoms with E-state index in [1.54, 1.807) is 47.3 Å². The van der Waals surface area contributed by atoms with Gasteiger partial charge in [-0.05, 0) is 23.8 Å². The minimum absolute atomic E-state index is 0. The highest BCUT2D eigenvalue weighted by atomic mass is 79.9. The molecular formula is C25H22BrCl2N3O6S3. The van der Waals surface area contributed by atoms with E-state index < -0.39 is 29.3 Å². The van der Waals surface area contributed by atoms with Gasteiger partial charge < -0.3 is 32.5 Å². The summed E-state index contributed by atoms with van der Waals surface area (Å²) in [6.07, 6.45) is 3.44. The number of aromatic nitrogens is 1. The van der Waals surface area contributed by atoms with Gasteiger partial charge in [0.25, 0.3) is 5.91 Å². The molecule has 9 nitrogen and oxygen atoms in total. The number of nitrogens with zero attached hydrogens (tertiary/aromatic N) is 2. The van der Waals surface area contributed by atoms with Crippen molar-refractivity contribution in [3.8, 4) is 0 Å².